The minimum Gasteiger partial charge on any atom is -0.478 e. The minimum absolute atomic E-state index is 0.0357. The summed E-state index contributed by atoms with van der Waals surface area (Å²) in [5, 5.41) is 8.73. The quantitative estimate of drug-likeness (QED) is 0.712. The molecule has 1 aliphatic rings. The second-order valence-electron chi connectivity index (χ2n) is 3.45. The van der Waals surface area contributed by atoms with Crippen molar-refractivity contribution in [1.29, 1.82) is 0 Å². The fourth-order valence-electron chi connectivity index (χ4n) is 1.66. The Balaban J connectivity index is 2.68. The molecule has 0 saturated carbocycles. The summed E-state index contributed by atoms with van der Waals surface area (Å²) in [4.78, 5) is 10.7. The van der Waals surface area contributed by atoms with E-state index in [-0.39, 0.29) is 16.2 Å². The third-order valence-corrected chi connectivity index (χ3v) is 4.22. The highest BCUT2D eigenvalue weighted by molar-refractivity contribution is 7.91. The highest BCUT2D eigenvalue weighted by Crippen LogP contribution is 2.32. The van der Waals surface area contributed by atoms with Gasteiger partial charge in [0.15, 0.2) is 9.84 Å². The summed E-state index contributed by atoms with van der Waals surface area (Å²) in [7, 11) is -3.40. The number of fused-ring (bicyclic) bond motifs is 1. The van der Waals surface area contributed by atoms with Crippen molar-refractivity contribution >= 4 is 15.8 Å². The molecule has 3 N–H and O–H groups in total. The molecular formula is C9H9NO4S. The van der Waals surface area contributed by atoms with Crippen LogP contribution in [-0.4, -0.2) is 25.2 Å². The van der Waals surface area contributed by atoms with Gasteiger partial charge >= 0.3 is 5.97 Å². The summed E-state index contributed by atoms with van der Waals surface area (Å²) in [6.07, 6.45) is 0. The molecule has 0 fully saturated rings. The molecule has 1 aliphatic heterocycles. The molecule has 1 aromatic rings. The topological polar surface area (TPSA) is 97.5 Å². The molecule has 0 saturated heterocycles. The number of sulfone groups is 1. The number of carbonyl (C=O) groups is 1. The lowest BCUT2D eigenvalue weighted by molar-refractivity contribution is 0.0696. The average molecular weight is 227 g/mol. The number of nitrogens with two attached hydrogens (primary N) is 1. The normalized spacial score (nSPS) is 22.3. The second kappa shape index (κ2) is 3.04. The van der Waals surface area contributed by atoms with E-state index in [0.29, 0.717) is 5.56 Å². The molecule has 0 aliphatic carbocycles. The Morgan fingerprint density at radius 1 is 1.47 bits per heavy atom. The lowest BCUT2D eigenvalue weighted by atomic mass is 10.1. The van der Waals surface area contributed by atoms with Gasteiger partial charge in [0.25, 0.3) is 0 Å². The zero-order chi connectivity index (χ0) is 11.2. The van der Waals surface area contributed by atoms with Gasteiger partial charge in [-0.05, 0) is 17.7 Å². The predicted molar refractivity (Wildman–Crippen MR) is 52.4 cm³/mol. The summed E-state index contributed by atoms with van der Waals surface area (Å²) in [6.45, 7) is 0. The van der Waals surface area contributed by atoms with Crippen LogP contribution in [0.4, 0.5) is 0 Å². The third-order valence-electron chi connectivity index (χ3n) is 2.39. The van der Waals surface area contributed by atoms with Crippen LogP contribution in [0.25, 0.3) is 0 Å². The number of hydrogen-bond acceptors (Lipinski definition) is 4. The first-order valence-corrected chi connectivity index (χ1v) is 5.92. The van der Waals surface area contributed by atoms with Gasteiger partial charge in [-0.15, -0.1) is 0 Å². The van der Waals surface area contributed by atoms with Crippen LogP contribution in [0.15, 0.2) is 23.1 Å². The average Bonchev–Trinajstić information content (AvgIpc) is 2.37. The Hall–Kier alpha value is -1.40. The SMILES string of the molecule is NC1CS(=O)(=O)c2cc(C(=O)O)ccc21. The van der Waals surface area contributed by atoms with Gasteiger partial charge < -0.3 is 10.8 Å². The van der Waals surface area contributed by atoms with Crippen molar-refractivity contribution in [2.75, 3.05) is 5.75 Å². The monoisotopic (exact) mass is 227 g/mol. The molecule has 15 heavy (non-hydrogen) atoms. The van der Waals surface area contributed by atoms with Crippen molar-refractivity contribution in [2.45, 2.75) is 10.9 Å². The molecule has 0 bridgehead atoms. The van der Waals surface area contributed by atoms with E-state index in [1.54, 1.807) is 0 Å². The summed E-state index contributed by atoms with van der Waals surface area (Å²) in [5.41, 5.74) is 6.09. The van der Waals surface area contributed by atoms with Crippen LogP contribution in [0.2, 0.25) is 0 Å². The van der Waals surface area contributed by atoms with E-state index in [4.69, 9.17) is 10.8 Å². The van der Waals surface area contributed by atoms with Gasteiger partial charge in [-0.1, -0.05) is 6.07 Å². The zero-order valence-electron chi connectivity index (χ0n) is 7.67. The van der Waals surface area contributed by atoms with Crippen molar-refractivity contribution in [1.82, 2.24) is 0 Å². The van der Waals surface area contributed by atoms with Gasteiger partial charge in [-0.3, -0.25) is 0 Å². The zero-order valence-corrected chi connectivity index (χ0v) is 8.49. The van der Waals surface area contributed by atoms with Crippen LogP contribution in [0.3, 0.4) is 0 Å². The molecule has 2 rings (SSSR count). The van der Waals surface area contributed by atoms with Gasteiger partial charge in [-0.2, -0.15) is 0 Å². The van der Waals surface area contributed by atoms with E-state index in [2.05, 4.69) is 0 Å². The van der Waals surface area contributed by atoms with Crippen molar-refractivity contribution in [3.8, 4) is 0 Å². The van der Waals surface area contributed by atoms with Crippen LogP contribution in [0.1, 0.15) is 22.0 Å². The minimum atomic E-state index is -3.40. The molecule has 0 radical (unpaired) electrons. The summed E-state index contributed by atoms with van der Waals surface area (Å²) < 4.78 is 23.1. The van der Waals surface area contributed by atoms with Crippen LogP contribution in [-0.2, 0) is 9.84 Å². The molecule has 1 heterocycles. The fraction of sp³-hybridized carbons (Fsp3) is 0.222. The van der Waals surface area contributed by atoms with Gasteiger partial charge in [0.1, 0.15) is 0 Å². The second-order valence-corrected chi connectivity index (χ2v) is 5.45. The molecule has 0 aromatic heterocycles. The van der Waals surface area contributed by atoms with Gasteiger partial charge in [0, 0.05) is 6.04 Å². The number of hydrogen-bond donors (Lipinski definition) is 2. The fourth-order valence-corrected chi connectivity index (χ4v) is 3.38. The highest BCUT2D eigenvalue weighted by atomic mass is 32.2. The van der Waals surface area contributed by atoms with Gasteiger partial charge in [-0.25, -0.2) is 13.2 Å². The first-order valence-electron chi connectivity index (χ1n) is 4.27. The molecule has 0 spiro atoms. The number of rotatable bonds is 1. The van der Waals surface area contributed by atoms with Crippen molar-refractivity contribution in [3.63, 3.8) is 0 Å². The van der Waals surface area contributed by atoms with E-state index in [1.165, 1.54) is 18.2 Å². The van der Waals surface area contributed by atoms with Crippen molar-refractivity contribution < 1.29 is 18.3 Å². The van der Waals surface area contributed by atoms with Crippen molar-refractivity contribution in [2.24, 2.45) is 5.73 Å². The molecule has 0 amide bonds. The number of carboxylic acids is 1. The Morgan fingerprint density at radius 2 is 2.13 bits per heavy atom. The summed E-state index contributed by atoms with van der Waals surface area (Å²) in [5.74, 6) is -1.29. The Kier molecular flexibility index (Phi) is 2.06. The Labute approximate surface area is 86.4 Å². The molecule has 80 valence electrons. The molecule has 1 aromatic carbocycles. The van der Waals surface area contributed by atoms with Gasteiger partial charge in [0.05, 0.1) is 16.2 Å². The van der Waals surface area contributed by atoms with Crippen LogP contribution in [0, 0.1) is 0 Å². The third kappa shape index (κ3) is 1.51. The molecule has 1 unspecified atom stereocenters. The van der Waals surface area contributed by atoms with Gasteiger partial charge in [0.2, 0.25) is 0 Å². The highest BCUT2D eigenvalue weighted by Gasteiger charge is 2.32. The molecule has 5 nitrogen and oxygen atoms in total. The molecular weight excluding hydrogens is 218 g/mol. The summed E-state index contributed by atoms with van der Waals surface area (Å²) >= 11 is 0. The van der Waals surface area contributed by atoms with Crippen molar-refractivity contribution in [3.05, 3.63) is 29.3 Å². The van der Waals surface area contributed by atoms with Crippen LogP contribution >= 0.6 is 0 Å². The van der Waals surface area contributed by atoms with Crippen LogP contribution < -0.4 is 5.73 Å². The maximum atomic E-state index is 11.6. The Morgan fingerprint density at radius 3 is 2.73 bits per heavy atom. The number of carboxylic acid groups (broad SMARTS) is 1. The molecule has 6 heteroatoms. The van der Waals surface area contributed by atoms with E-state index < -0.39 is 21.8 Å². The maximum absolute atomic E-state index is 11.6. The largest absolute Gasteiger partial charge is 0.478 e. The predicted octanol–water partition coefficient (Wildman–Crippen LogP) is 0.172. The Bertz CT molecular complexity index is 535. The summed E-state index contributed by atoms with van der Waals surface area (Å²) in [6, 6.07) is 3.45. The lowest BCUT2D eigenvalue weighted by Gasteiger charge is -2.02. The smallest absolute Gasteiger partial charge is 0.335 e. The lowest BCUT2D eigenvalue weighted by Crippen LogP contribution is -2.11. The standard InChI is InChI=1S/C9H9NO4S/c10-7-4-15(13,14)8-3-5(9(11)12)1-2-6(7)8/h1-3,7H,4,10H2,(H,11,12). The number of aromatic carboxylic acids is 1. The van der Waals surface area contributed by atoms with E-state index >= 15 is 0 Å². The van der Waals surface area contributed by atoms with E-state index in [0.717, 1.165) is 0 Å². The van der Waals surface area contributed by atoms with E-state index in [9.17, 15) is 13.2 Å². The first kappa shape index (κ1) is 10.1. The molecule has 1 atom stereocenters. The van der Waals surface area contributed by atoms with E-state index in [1.807, 2.05) is 0 Å². The van der Waals surface area contributed by atoms with Crippen LogP contribution in [0.5, 0.6) is 0 Å². The first-order chi connectivity index (χ1) is 6.92. The number of benzene rings is 1. The maximum Gasteiger partial charge on any atom is 0.335 e.